The van der Waals surface area contributed by atoms with E-state index in [9.17, 15) is 4.39 Å². The molecule has 0 N–H and O–H groups in total. The first-order valence-corrected chi connectivity index (χ1v) is 9.11. The lowest BCUT2D eigenvalue weighted by atomic mass is 10.0. The lowest BCUT2D eigenvalue weighted by Crippen LogP contribution is -1.86. The summed E-state index contributed by atoms with van der Waals surface area (Å²) < 4.78 is 14.2. The van der Waals surface area contributed by atoms with Crippen LogP contribution in [0.2, 0.25) is 0 Å². The molecule has 0 heterocycles. The Morgan fingerprint density at radius 3 is 2.00 bits per heavy atom. The number of benzene rings is 3. The summed E-state index contributed by atoms with van der Waals surface area (Å²) in [6.45, 7) is 3.94. The summed E-state index contributed by atoms with van der Waals surface area (Å²) >= 11 is 4.57. The molecule has 1 nitrogen and oxygen atoms in total. The van der Waals surface area contributed by atoms with Crippen molar-refractivity contribution in [3.63, 3.8) is 0 Å². The van der Waals surface area contributed by atoms with Gasteiger partial charge in [-0.15, -0.1) is 0 Å². The van der Waals surface area contributed by atoms with E-state index in [0.717, 1.165) is 34.2 Å². The Morgan fingerprint density at radius 1 is 0.889 bits per heavy atom. The van der Waals surface area contributed by atoms with Gasteiger partial charge in [-0.2, -0.15) is 4.99 Å². The second kappa shape index (κ2) is 8.56. The van der Waals surface area contributed by atoms with Crippen LogP contribution in [0.1, 0.15) is 29.2 Å². The quantitative estimate of drug-likeness (QED) is 0.291. The average Bonchev–Trinajstić information content (AvgIpc) is 2.70. The fourth-order valence-corrected chi connectivity index (χ4v) is 2.90. The van der Waals surface area contributed by atoms with Crippen molar-refractivity contribution in [3.05, 3.63) is 88.7 Å². The number of rotatable bonds is 3. The van der Waals surface area contributed by atoms with E-state index in [2.05, 4.69) is 53.3 Å². The Kier molecular flexibility index (Phi) is 5.94. The molecule has 0 saturated heterocycles. The third-order valence-corrected chi connectivity index (χ3v) is 4.43. The molecule has 0 spiro atoms. The van der Waals surface area contributed by atoms with Gasteiger partial charge in [0.25, 0.3) is 0 Å². The van der Waals surface area contributed by atoms with Crippen LogP contribution < -0.4 is 0 Å². The Hall–Kier alpha value is -3.05. The molecule has 0 unspecified atom stereocenters. The fourth-order valence-electron chi connectivity index (χ4n) is 2.80. The maximum Gasteiger partial charge on any atom is 0.150 e. The van der Waals surface area contributed by atoms with Crippen LogP contribution in [0.5, 0.6) is 0 Å². The van der Waals surface area contributed by atoms with Gasteiger partial charge in [-0.1, -0.05) is 43.0 Å². The van der Waals surface area contributed by atoms with E-state index in [1.807, 2.05) is 49.4 Å². The van der Waals surface area contributed by atoms with Crippen molar-refractivity contribution in [2.75, 3.05) is 0 Å². The van der Waals surface area contributed by atoms with Gasteiger partial charge in [-0.25, -0.2) is 4.39 Å². The summed E-state index contributed by atoms with van der Waals surface area (Å²) in [7, 11) is 0. The molecular weight excluding hydrogens is 353 g/mol. The van der Waals surface area contributed by atoms with Crippen LogP contribution in [0.15, 0.2) is 65.7 Å². The molecule has 0 aromatic heterocycles. The number of aliphatic imine (C=N–C) groups is 1. The van der Waals surface area contributed by atoms with Crippen LogP contribution in [0, 0.1) is 24.6 Å². The molecule has 27 heavy (non-hydrogen) atoms. The van der Waals surface area contributed by atoms with E-state index >= 15 is 0 Å². The van der Waals surface area contributed by atoms with Crippen molar-refractivity contribution >= 4 is 23.1 Å². The van der Waals surface area contributed by atoms with E-state index < -0.39 is 5.82 Å². The normalized spacial score (nSPS) is 9.89. The first kappa shape index (κ1) is 18.7. The molecule has 0 atom stereocenters. The van der Waals surface area contributed by atoms with Crippen molar-refractivity contribution in [1.82, 2.24) is 0 Å². The van der Waals surface area contributed by atoms with E-state index in [1.165, 1.54) is 11.6 Å². The fraction of sp³-hybridized carbons (Fsp3) is 0.125. The number of halogens is 1. The number of hydrogen-bond acceptors (Lipinski definition) is 2. The predicted molar refractivity (Wildman–Crippen MR) is 113 cm³/mol. The Bertz CT molecular complexity index is 1040. The van der Waals surface area contributed by atoms with Gasteiger partial charge in [-0.3, -0.25) is 0 Å². The SMILES string of the molecule is CCc1ccc(C#Cc2ccc(-c3cc(C)c(N=C=S)c(F)c3)cc2)cc1. The van der Waals surface area contributed by atoms with Crippen LogP contribution in [-0.2, 0) is 6.42 Å². The highest BCUT2D eigenvalue weighted by Crippen LogP contribution is 2.29. The zero-order chi connectivity index (χ0) is 19.2. The third kappa shape index (κ3) is 4.57. The minimum absolute atomic E-state index is 0.241. The van der Waals surface area contributed by atoms with Crippen molar-refractivity contribution in [3.8, 4) is 23.0 Å². The maximum atomic E-state index is 14.2. The highest BCUT2D eigenvalue weighted by molar-refractivity contribution is 7.78. The van der Waals surface area contributed by atoms with Gasteiger partial charge in [0.05, 0.1) is 5.16 Å². The largest absolute Gasteiger partial charge is 0.205 e. The van der Waals surface area contributed by atoms with Gasteiger partial charge in [0.1, 0.15) is 5.69 Å². The van der Waals surface area contributed by atoms with Gasteiger partial charge < -0.3 is 0 Å². The van der Waals surface area contributed by atoms with Gasteiger partial charge in [0, 0.05) is 11.1 Å². The van der Waals surface area contributed by atoms with Crippen LogP contribution >= 0.6 is 12.2 Å². The first-order chi connectivity index (χ1) is 13.1. The van der Waals surface area contributed by atoms with Crippen molar-refractivity contribution in [1.29, 1.82) is 0 Å². The molecule has 0 aliphatic heterocycles. The molecule has 0 radical (unpaired) electrons. The van der Waals surface area contributed by atoms with E-state index in [0.29, 0.717) is 0 Å². The minimum atomic E-state index is -0.401. The van der Waals surface area contributed by atoms with Crippen molar-refractivity contribution in [2.45, 2.75) is 20.3 Å². The second-order valence-electron chi connectivity index (χ2n) is 6.20. The second-order valence-corrected chi connectivity index (χ2v) is 6.39. The smallest absolute Gasteiger partial charge is 0.150 e. The summed E-state index contributed by atoms with van der Waals surface area (Å²) in [6.07, 6.45) is 1.02. The van der Waals surface area contributed by atoms with Gasteiger partial charge in [0.2, 0.25) is 0 Å². The Balaban J connectivity index is 1.83. The molecule has 3 heteroatoms. The Labute approximate surface area is 164 Å². The zero-order valence-electron chi connectivity index (χ0n) is 15.2. The topological polar surface area (TPSA) is 12.4 Å². The molecule has 0 aliphatic carbocycles. The molecule has 132 valence electrons. The minimum Gasteiger partial charge on any atom is -0.205 e. The number of isothiocyanates is 1. The summed E-state index contributed by atoms with van der Waals surface area (Å²) in [6, 6.07) is 19.4. The highest BCUT2D eigenvalue weighted by Gasteiger charge is 2.08. The molecule has 3 aromatic carbocycles. The summed E-state index contributed by atoms with van der Waals surface area (Å²) in [4.78, 5) is 3.79. The van der Waals surface area contributed by atoms with Crippen LogP contribution in [-0.4, -0.2) is 5.16 Å². The molecule has 0 bridgehead atoms. The molecule has 0 aliphatic rings. The van der Waals surface area contributed by atoms with Crippen LogP contribution in [0.25, 0.3) is 11.1 Å². The molecule has 0 saturated carbocycles. The summed E-state index contributed by atoms with van der Waals surface area (Å²) in [5.41, 5.74) is 5.89. The van der Waals surface area contributed by atoms with E-state index in [-0.39, 0.29) is 5.69 Å². The van der Waals surface area contributed by atoms with Gasteiger partial charge in [0.15, 0.2) is 5.82 Å². The van der Waals surface area contributed by atoms with Gasteiger partial charge >= 0.3 is 0 Å². The monoisotopic (exact) mass is 371 g/mol. The predicted octanol–water partition coefficient (Wildman–Crippen LogP) is 6.50. The molecular formula is C24H18FNS. The number of hydrogen-bond donors (Lipinski definition) is 0. The average molecular weight is 371 g/mol. The molecule has 3 aromatic rings. The molecule has 0 amide bonds. The van der Waals surface area contributed by atoms with Crippen LogP contribution in [0.4, 0.5) is 10.1 Å². The lowest BCUT2D eigenvalue weighted by molar-refractivity contribution is 0.629. The number of nitrogens with zero attached hydrogens (tertiary/aromatic N) is 1. The molecule has 0 fully saturated rings. The summed E-state index contributed by atoms with van der Waals surface area (Å²) in [5, 5.41) is 2.22. The van der Waals surface area contributed by atoms with Crippen molar-refractivity contribution < 1.29 is 4.39 Å². The van der Waals surface area contributed by atoms with Gasteiger partial charge in [-0.05, 0) is 84.2 Å². The standard InChI is InChI=1S/C24H18FNS/c1-3-18-4-6-19(7-5-18)8-9-20-10-12-21(13-11-20)22-14-17(2)24(26-16-27)23(25)15-22/h4-7,10-15H,3H2,1-2H3. The first-order valence-electron chi connectivity index (χ1n) is 8.70. The van der Waals surface area contributed by atoms with Crippen LogP contribution in [0.3, 0.4) is 0 Å². The molecule has 3 rings (SSSR count). The van der Waals surface area contributed by atoms with E-state index in [1.54, 1.807) is 0 Å². The number of thiocarbonyl (C=S) groups is 1. The highest BCUT2D eigenvalue weighted by atomic mass is 32.1. The zero-order valence-corrected chi connectivity index (χ0v) is 16.0. The van der Waals surface area contributed by atoms with E-state index in [4.69, 9.17) is 0 Å². The third-order valence-electron chi connectivity index (χ3n) is 4.34. The Morgan fingerprint density at radius 2 is 1.48 bits per heavy atom. The maximum absolute atomic E-state index is 14.2. The lowest BCUT2D eigenvalue weighted by Gasteiger charge is -2.07. The summed E-state index contributed by atoms with van der Waals surface area (Å²) in [5.74, 6) is 5.94. The number of aryl methyl sites for hydroxylation is 2. The van der Waals surface area contributed by atoms with Crippen molar-refractivity contribution in [2.24, 2.45) is 4.99 Å².